The number of aromatic nitrogens is 2. The molecule has 0 atom stereocenters. The minimum Gasteiger partial charge on any atom is -0.481 e. The second-order valence-electron chi connectivity index (χ2n) is 5.80. The molecule has 0 aliphatic rings. The molecule has 122 valence electrons. The Balaban J connectivity index is 2.14. The van der Waals surface area contributed by atoms with Gasteiger partial charge in [-0.1, -0.05) is 26.0 Å². The molecule has 1 aromatic carbocycles. The van der Waals surface area contributed by atoms with Crippen molar-refractivity contribution in [2.45, 2.75) is 32.6 Å². The molecule has 0 bridgehead atoms. The Hall–Kier alpha value is -2.63. The van der Waals surface area contributed by atoms with Gasteiger partial charge in [0.05, 0.1) is 11.3 Å². The number of amides is 1. The van der Waals surface area contributed by atoms with Crippen LogP contribution in [-0.2, 0) is 18.3 Å². The first-order chi connectivity index (χ1) is 10.9. The zero-order valence-electron chi connectivity index (χ0n) is 13.5. The number of hydrogen-bond donors (Lipinski definition) is 2. The summed E-state index contributed by atoms with van der Waals surface area (Å²) in [5, 5.41) is 15.9. The van der Waals surface area contributed by atoms with E-state index in [9.17, 15) is 9.59 Å². The molecule has 0 fully saturated rings. The van der Waals surface area contributed by atoms with Gasteiger partial charge in [0, 0.05) is 25.4 Å². The summed E-state index contributed by atoms with van der Waals surface area (Å²) in [7, 11) is 1.79. The molecule has 0 spiro atoms. The van der Waals surface area contributed by atoms with E-state index in [1.54, 1.807) is 36.1 Å². The van der Waals surface area contributed by atoms with E-state index in [1.807, 2.05) is 19.9 Å². The molecular weight excluding hydrogens is 294 g/mol. The number of carbonyl (C=O) groups is 2. The molecule has 6 heteroatoms. The molecule has 0 saturated carbocycles. The number of nitrogens with one attached hydrogen (secondary N) is 1. The summed E-state index contributed by atoms with van der Waals surface area (Å²) in [6.45, 7) is 3.98. The first-order valence-electron chi connectivity index (χ1n) is 7.52. The topological polar surface area (TPSA) is 84.2 Å². The van der Waals surface area contributed by atoms with E-state index in [0.717, 1.165) is 11.3 Å². The van der Waals surface area contributed by atoms with Crippen LogP contribution in [0.1, 0.15) is 47.8 Å². The van der Waals surface area contributed by atoms with E-state index >= 15 is 0 Å². The number of nitrogens with zero attached hydrogens (tertiary/aromatic N) is 2. The molecule has 2 aromatic rings. The van der Waals surface area contributed by atoms with Crippen molar-refractivity contribution in [2.75, 3.05) is 5.32 Å². The normalized spacial score (nSPS) is 10.8. The van der Waals surface area contributed by atoms with Crippen molar-refractivity contribution in [3.05, 3.63) is 47.3 Å². The summed E-state index contributed by atoms with van der Waals surface area (Å²) >= 11 is 0. The van der Waals surface area contributed by atoms with Gasteiger partial charge in [-0.3, -0.25) is 14.3 Å². The molecule has 0 unspecified atom stereocenters. The van der Waals surface area contributed by atoms with E-state index in [1.165, 1.54) is 0 Å². The molecule has 0 aliphatic carbocycles. The molecule has 2 N–H and O–H groups in total. The first kappa shape index (κ1) is 16.7. The quantitative estimate of drug-likeness (QED) is 0.858. The lowest BCUT2D eigenvalue weighted by molar-refractivity contribution is -0.136. The lowest BCUT2D eigenvalue weighted by Crippen LogP contribution is -2.14. The van der Waals surface area contributed by atoms with Crippen LogP contribution in [0.4, 0.5) is 5.69 Å². The molecular formula is C17H21N3O3. The molecule has 0 saturated heterocycles. The van der Waals surface area contributed by atoms with E-state index < -0.39 is 5.97 Å². The van der Waals surface area contributed by atoms with Crippen molar-refractivity contribution >= 4 is 17.6 Å². The van der Waals surface area contributed by atoms with Crippen molar-refractivity contribution in [3.63, 3.8) is 0 Å². The van der Waals surface area contributed by atoms with Gasteiger partial charge in [-0.2, -0.15) is 5.10 Å². The largest absolute Gasteiger partial charge is 0.481 e. The average molecular weight is 315 g/mol. The van der Waals surface area contributed by atoms with Gasteiger partial charge in [0.2, 0.25) is 0 Å². The number of hydrogen-bond acceptors (Lipinski definition) is 3. The Bertz CT molecular complexity index is 720. The predicted octanol–water partition coefficient (Wildman–Crippen LogP) is 2.81. The fraction of sp³-hybridized carbons (Fsp3) is 0.353. The standard InChI is InChI=1S/C17H21N3O3/c1-11(2)16-14(10-20(3)19-16)17(23)18-13-6-4-5-12(9-13)7-8-15(21)22/h4-6,9-11H,7-8H2,1-3H3,(H,18,23)(H,21,22). The maximum Gasteiger partial charge on any atom is 0.303 e. The fourth-order valence-electron chi connectivity index (χ4n) is 2.36. The maximum absolute atomic E-state index is 12.5. The SMILES string of the molecule is CC(C)c1nn(C)cc1C(=O)Nc1cccc(CCC(=O)O)c1. The summed E-state index contributed by atoms with van der Waals surface area (Å²) in [5.74, 6) is -0.896. The zero-order chi connectivity index (χ0) is 17.0. The van der Waals surface area contributed by atoms with E-state index in [4.69, 9.17) is 5.11 Å². The van der Waals surface area contributed by atoms with Crippen molar-refractivity contribution in [1.29, 1.82) is 0 Å². The van der Waals surface area contributed by atoms with Crippen LogP contribution in [-0.4, -0.2) is 26.8 Å². The van der Waals surface area contributed by atoms with Crippen LogP contribution in [0.2, 0.25) is 0 Å². The zero-order valence-corrected chi connectivity index (χ0v) is 13.5. The van der Waals surface area contributed by atoms with E-state index in [2.05, 4.69) is 10.4 Å². The highest BCUT2D eigenvalue weighted by Crippen LogP contribution is 2.19. The van der Waals surface area contributed by atoms with Gasteiger partial charge in [-0.05, 0) is 30.0 Å². The molecule has 2 rings (SSSR count). The van der Waals surface area contributed by atoms with Crippen LogP contribution < -0.4 is 5.32 Å². The lowest BCUT2D eigenvalue weighted by atomic mass is 10.1. The van der Waals surface area contributed by atoms with Crippen LogP contribution in [0.25, 0.3) is 0 Å². The predicted molar refractivity (Wildman–Crippen MR) is 87.6 cm³/mol. The number of benzene rings is 1. The Morgan fingerprint density at radius 3 is 2.74 bits per heavy atom. The van der Waals surface area contributed by atoms with Crippen LogP contribution in [0, 0.1) is 0 Å². The van der Waals surface area contributed by atoms with Crippen LogP contribution in [0.3, 0.4) is 0 Å². The minimum atomic E-state index is -0.837. The summed E-state index contributed by atoms with van der Waals surface area (Å²) in [5.41, 5.74) is 2.84. The number of anilines is 1. The van der Waals surface area contributed by atoms with Gasteiger partial charge in [0.1, 0.15) is 0 Å². The number of aliphatic carboxylic acids is 1. The number of carbonyl (C=O) groups excluding carboxylic acids is 1. The third-order valence-corrected chi connectivity index (χ3v) is 3.46. The van der Waals surface area contributed by atoms with Gasteiger partial charge in [-0.15, -0.1) is 0 Å². The Morgan fingerprint density at radius 2 is 2.09 bits per heavy atom. The highest BCUT2D eigenvalue weighted by molar-refractivity contribution is 6.05. The fourth-order valence-corrected chi connectivity index (χ4v) is 2.36. The van der Waals surface area contributed by atoms with Crippen LogP contribution >= 0.6 is 0 Å². The van der Waals surface area contributed by atoms with Crippen molar-refractivity contribution in [3.8, 4) is 0 Å². The van der Waals surface area contributed by atoms with Crippen molar-refractivity contribution in [1.82, 2.24) is 9.78 Å². The first-order valence-corrected chi connectivity index (χ1v) is 7.52. The molecule has 1 amide bonds. The monoisotopic (exact) mass is 315 g/mol. The third kappa shape index (κ3) is 4.42. The third-order valence-electron chi connectivity index (χ3n) is 3.46. The highest BCUT2D eigenvalue weighted by atomic mass is 16.4. The van der Waals surface area contributed by atoms with Crippen molar-refractivity contribution in [2.24, 2.45) is 7.05 Å². The van der Waals surface area contributed by atoms with Gasteiger partial charge in [0.25, 0.3) is 5.91 Å². The minimum absolute atomic E-state index is 0.0670. The molecule has 0 aliphatic heterocycles. The van der Waals surface area contributed by atoms with Gasteiger partial charge in [0.15, 0.2) is 0 Å². The summed E-state index contributed by atoms with van der Waals surface area (Å²) < 4.78 is 1.63. The maximum atomic E-state index is 12.5. The molecule has 0 radical (unpaired) electrons. The Morgan fingerprint density at radius 1 is 1.35 bits per heavy atom. The summed E-state index contributed by atoms with van der Waals surface area (Å²) in [4.78, 5) is 23.1. The summed E-state index contributed by atoms with van der Waals surface area (Å²) in [6, 6.07) is 7.24. The second-order valence-corrected chi connectivity index (χ2v) is 5.80. The molecule has 1 aromatic heterocycles. The Kier molecular flexibility index (Phi) is 5.16. The van der Waals surface area contributed by atoms with E-state index in [-0.39, 0.29) is 18.2 Å². The van der Waals surface area contributed by atoms with Gasteiger partial charge in [-0.25, -0.2) is 0 Å². The number of rotatable bonds is 6. The van der Waals surface area contributed by atoms with Gasteiger partial charge >= 0.3 is 5.97 Å². The number of aryl methyl sites for hydroxylation is 2. The molecule has 23 heavy (non-hydrogen) atoms. The average Bonchev–Trinajstić information content (AvgIpc) is 2.88. The van der Waals surface area contributed by atoms with Crippen LogP contribution in [0.5, 0.6) is 0 Å². The molecule has 6 nitrogen and oxygen atoms in total. The lowest BCUT2D eigenvalue weighted by Gasteiger charge is -2.08. The molecule has 1 heterocycles. The van der Waals surface area contributed by atoms with Gasteiger partial charge < -0.3 is 10.4 Å². The van der Waals surface area contributed by atoms with Crippen molar-refractivity contribution < 1.29 is 14.7 Å². The number of carboxylic acid groups (broad SMARTS) is 1. The van der Waals surface area contributed by atoms with Crippen LogP contribution in [0.15, 0.2) is 30.5 Å². The smallest absolute Gasteiger partial charge is 0.303 e. The van der Waals surface area contributed by atoms with E-state index in [0.29, 0.717) is 17.7 Å². The second kappa shape index (κ2) is 7.09. The Labute approximate surface area is 135 Å². The summed E-state index contributed by atoms with van der Waals surface area (Å²) in [6.07, 6.45) is 2.21. The highest BCUT2D eigenvalue weighted by Gasteiger charge is 2.18. The number of carboxylic acids is 1.